The molecule has 1 aromatic rings. The SMILES string of the molecule is CCCCCCCCCCCCCC(CCCN1CCCC(C)C1)C(=O)Cc1c(OC)cc(OC)cc1OC. The molecule has 0 radical (unpaired) electrons. The second-order valence-corrected chi connectivity index (χ2v) is 11.9. The van der Waals surface area contributed by atoms with Crippen molar-refractivity contribution in [3.8, 4) is 17.2 Å². The molecule has 2 rings (SSSR count). The first-order valence-electron chi connectivity index (χ1n) is 16.1. The largest absolute Gasteiger partial charge is 0.496 e. The number of hydrogen-bond donors (Lipinski definition) is 0. The van der Waals surface area contributed by atoms with Gasteiger partial charge in [0.25, 0.3) is 0 Å². The van der Waals surface area contributed by atoms with Gasteiger partial charge in [-0.05, 0) is 51.1 Å². The summed E-state index contributed by atoms with van der Waals surface area (Å²) in [5.74, 6) is 3.21. The Bertz CT molecular complexity index is 770. The Balaban J connectivity index is 1.89. The van der Waals surface area contributed by atoms with Gasteiger partial charge in [0.1, 0.15) is 23.0 Å². The third kappa shape index (κ3) is 13.0. The number of nitrogens with zero attached hydrogens (tertiary/aromatic N) is 1. The van der Waals surface area contributed by atoms with E-state index in [1.807, 2.05) is 12.1 Å². The van der Waals surface area contributed by atoms with E-state index in [1.165, 1.54) is 90.1 Å². The zero-order chi connectivity index (χ0) is 28.3. The molecule has 0 aliphatic carbocycles. The van der Waals surface area contributed by atoms with E-state index >= 15 is 0 Å². The van der Waals surface area contributed by atoms with Crippen LogP contribution in [0.5, 0.6) is 17.2 Å². The van der Waals surface area contributed by atoms with E-state index < -0.39 is 0 Å². The van der Waals surface area contributed by atoms with Gasteiger partial charge in [0, 0.05) is 36.6 Å². The van der Waals surface area contributed by atoms with Crippen LogP contribution in [-0.2, 0) is 11.2 Å². The monoisotopic (exact) mass is 545 g/mol. The third-order valence-corrected chi connectivity index (χ3v) is 8.55. The van der Waals surface area contributed by atoms with E-state index in [0.29, 0.717) is 29.5 Å². The minimum absolute atomic E-state index is 0.0993. The van der Waals surface area contributed by atoms with Gasteiger partial charge in [0.15, 0.2) is 0 Å². The summed E-state index contributed by atoms with van der Waals surface area (Å²) in [5, 5.41) is 0. The molecule has 5 heteroatoms. The lowest BCUT2D eigenvalue weighted by atomic mass is 9.88. The van der Waals surface area contributed by atoms with Crippen molar-refractivity contribution in [1.29, 1.82) is 0 Å². The van der Waals surface area contributed by atoms with Crippen molar-refractivity contribution in [2.24, 2.45) is 11.8 Å². The molecule has 5 nitrogen and oxygen atoms in total. The van der Waals surface area contributed by atoms with Crippen LogP contribution in [0.25, 0.3) is 0 Å². The number of carbonyl (C=O) groups excluding carboxylic acids is 1. The second-order valence-electron chi connectivity index (χ2n) is 11.9. The highest BCUT2D eigenvalue weighted by Gasteiger charge is 2.24. The third-order valence-electron chi connectivity index (χ3n) is 8.55. The molecular weight excluding hydrogens is 486 g/mol. The standard InChI is InChI=1S/C34H59NO4/c1-6-7-8-9-10-11-12-13-14-15-16-20-29(21-18-23-35-22-17-19-28(2)27-35)32(36)26-31-33(38-4)24-30(37-3)25-34(31)39-5/h24-25,28-29H,6-23,26-27H2,1-5H3. The molecule has 1 aliphatic heterocycles. The molecule has 0 aromatic heterocycles. The van der Waals surface area contributed by atoms with E-state index in [9.17, 15) is 4.79 Å². The van der Waals surface area contributed by atoms with E-state index in [4.69, 9.17) is 14.2 Å². The van der Waals surface area contributed by atoms with E-state index in [0.717, 1.165) is 43.7 Å². The number of ketones is 1. The Morgan fingerprint density at radius 2 is 1.41 bits per heavy atom. The molecule has 39 heavy (non-hydrogen) atoms. The maximum atomic E-state index is 13.7. The molecule has 1 heterocycles. The van der Waals surface area contributed by atoms with Crippen molar-refractivity contribution in [1.82, 2.24) is 4.90 Å². The smallest absolute Gasteiger partial charge is 0.140 e. The summed E-state index contributed by atoms with van der Waals surface area (Å²) in [6, 6.07) is 3.70. The van der Waals surface area contributed by atoms with Crippen molar-refractivity contribution in [2.75, 3.05) is 41.0 Å². The van der Waals surface area contributed by atoms with Gasteiger partial charge in [-0.1, -0.05) is 84.5 Å². The number of piperidine rings is 1. The molecule has 1 saturated heterocycles. The van der Waals surface area contributed by atoms with Gasteiger partial charge in [-0.3, -0.25) is 4.79 Å². The summed E-state index contributed by atoms with van der Waals surface area (Å²) in [6.45, 7) is 8.17. The van der Waals surface area contributed by atoms with Gasteiger partial charge in [-0.25, -0.2) is 0 Å². The summed E-state index contributed by atoms with van der Waals surface area (Å²) >= 11 is 0. The van der Waals surface area contributed by atoms with Crippen LogP contribution < -0.4 is 14.2 Å². The summed E-state index contributed by atoms with van der Waals surface area (Å²) in [6.07, 6.45) is 20.7. The highest BCUT2D eigenvalue weighted by molar-refractivity contribution is 5.84. The fraction of sp³-hybridized carbons (Fsp3) is 0.794. The van der Waals surface area contributed by atoms with Crippen molar-refractivity contribution in [3.63, 3.8) is 0 Å². The van der Waals surface area contributed by atoms with Gasteiger partial charge in [0.2, 0.25) is 0 Å². The minimum Gasteiger partial charge on any atom is -0.496 e. The van der Waals surface area contributed by atoms with E-state index in [-0.39, 0.29) is 5.92 Å². The van der Waals surface area contributed by atoms with Crippen LogP contribution in [0.1, 0.15) is 122 Å². The minimum atomic E-state index is 0.0993. The van der Waals surface area contributed by atoms with Gasteiger partial charge in [-0.15, -0.1) is 0 Å². The summed E-state index contributed by atoms with van der Waals surface area (Å²) < 4.78 is 16.7. The molecular formula is C34H59NO4. The highest BCUT2D eigenvalue weighted by Crippen LogP contribution is 2.35. The van der Waals surface area contributed by atoms with Crippen molar-refractivity contribution in [3.05, 3.63) is 17.7 Å². The average molecular weight is 546 g/mol. The number of carbonyl (C=O) groups is 1. The number of Topliss-reactive ketones (excluding diaryl/α,β-unsaturated/α-hetero) is 1. The topological polar surface area (TPSA) is 48.0 Å². The number of rotatable bonds is 22. The Labute approximate surface area is 240 Å². The second kappa shape index (κ2) is 20.2. The lowest BCUT2D eigenvalue weighted by Crippen LogP contribution is -2.35. The molecule has 0 saturated carbocycles. The molecule has 1 fully saturated rings. The quantitative estimate of drug-likeness (QED) is 0.136. The van der Waals surface area contributed by atoms with E-state index in [1.54, 1.807) is 21.3 Å². The fourth-order valence-corrected chi connectivity index (χ4v) is 6.14. The highest BCUT2D eigenvalue weighted by atomic mass is 16.5. The summed E-state index contributed by atoms with van der Waals surface area (Å²) in [4.78, 5) is 16.3. The lowest BCUT2D eigenvalue weighted by molar-refractivity contribution is -0.122. The van der Waals surface area contributed by atoms with Crippen LogP contribution in [0.3, 0.4) is 0 Å². The maximum absolute atomic E-state index is 13.7. The average Bonchev–Trinajstić information content (AvgIpc) is 2.94. The molecule has 1 aliphatic rings. The first-order valence-corrected chi connectivity index (χ1v) is 16.1. The van der Waals surface area contributed by atoms with Crippen LogP contribution in [0.2, 0.25) is 0 Å². The van der Waals surface area contributed by atoms with Gasteiger partial charge >= 0.3 is 0 Å². The van der Waals surface area contributed by atoms with Gasteiger partial charge in [-0.2, -0.15) is 0 Å². The maximum Gasteiger partial charge on any atom is 0.140 e. The normalized spacial score (nSPS) is 16.7. The van der Waals surface area contributed by atoms with Crippen molar-refractivity contribution < 1.29 is 19.0 Å². The molecule has 0 spiro atoms. The number of hydrogen-bond acceptors (Lipinski definition) is 5. The molecule has 1 aromatic carbocycles. The van der Waals surface area contributed by atoms with E-state index in [2.05, 4.69) is 18.7 Å². The predicted octanol–water partition coefficient (Wildman–Crippen LogP) is 8.65. The number of unbranched alkanes of at least 4 members (excludes halogenated alkanes) is 10. The predicted molar refractivity (Wildman–Crippen MR) is 163 cm³/mol. The van der Waals surface area contributed by atoms with Crippen LogP contribution in [0.4, 0.5) is 0 Å². The zero-order valence-corrected chi connectivity index (χ0v) is 26.0. The Morgan fingerprint density at radius 1 is 0.846 bits per heavy atom. The van der Waals surface area contributed by atoms with Crippen molar-refractivity contribution >= 4 is 5.78 Å². The Kier molecular flexibility index (Phi) is 17.3. The van der Waals surface area contributed by atoms with Crippen LogP contribution >= 0.6 is 0 Å². The number of likely N-dealkylation sites (tertiary alicyclic amines) is 1. The number of ether oxygens (including phenoxy) is 3. The molecule has 0 amide bonds. The van der Waals surface area contributed by atoms with Gasteiger partial charge in [0.05, 0.1) is 21.3 Å². The van der Waals surface area contributed by atoms with Gasteiger partial charge < -0.3 is 19.1 Å². The van der Waals surface area contributed by atoms with Crippen molar-refractivity contribution in [2.45, 2.75) is 123 Å². The number of methoxy groups -OCH3 is 3. The summed E-state index contributed by atoms with van der Waals surface area (Å²) in [7, 11) is 4.92. The molecule has 0 bridgehead atoms. The first-order chi connectivity index (χ1) is 19.0. The van der Waals surface area contributed by atoms with Crippen LogP contribution in [0.15, 0.2) is 12.1 Å². The fourth-order valence-electron chi connectivity index (χ4n) is 6.14. The molecule has 224 valence electrons. The Morgan fingerprint density at radius 3 is 1.95 bits per heavy atom. The molecule has 2 atom stereocenters. The zero-order valence-electron chi connectivity index (χ0n) is 26.0. The number of benzene rings is 1. The first kappa shape index (κ1) is 33.5. The lowest BCUT2D eigenvalue weighted by Gasteiger charge is -2.31. The van der Waals surface area contributed by atoms with Crippen LogP contribution in [0, 0.1) is 11.8 Å². The molecule has 2 unspecified atom stereocenters. The molecule has 0 N–H and O–H groups in total. The Hall–Kier alpha value is -1.75. The van der Waals surface area contributed by atoms with Crippen LogP contribution in [-0.4, -0.2) is 51.6 Å². The summed E-state index contributed by atoms with van der Waals surface area (Å²) in [5.41, 5.74) is 0.833.